The first-order valence-corrected chi connectivity index (χ1v) is 11.9. The van der Waals surface area contributed by atoms with Gasteiger partial charge in [-0.15, -0.1) is 0 Å². The van der Waals surface area contributed by atoms with Crippen molar-refractivity contribution in [2.45, 2.75) is 6.92 Å². The molecule has 0 nitrogen and oxygen atoms in total. The first-order valence-electron chi connectivity index (χ1n) is 9.74. The van der Waals surface area contributed by atoms with Gasteiger partial charge in [0.1, 0.15) is 0 Å². The van der Waals surface area contributed by atoms with Crippen LogP contribution in [0.25, 0.3) is 0 Å². The highest BCUT2D eigenvalue weighted by molar-refractivity contribution is 7.99. The predicted octanol–water partition coefficient (Wildman–Crippen LogP) is 5.59. The standard InChI is InChI=1S/C27H23PS/c1-22(29)27(23-14-6-2-7-15-23)28(24-16-8-3-9-17-24,25-18-10-4-11-19-25)26-20-12-5-13-21-26/h2-21H,1H3. The number of thiocarbonyl (C=S) groups is 1. The Balaban J connectivity index is 2.30. The van der Waals surface area contributed by atoms with Crippen LogP contribution in [0, 0.1) is 0 Å². The lowest BCUT2D eigenvalue weighted by Crippen LogP contribution is -2.33. The van der Waals surface area contributed by atoms with E-state index in [9.17, 15) is 0 Å². The molecule has 0 radical (unpaired) electrons. The lowest BCUT2D eigenvalue weighted by Gasteiger charge is -2.33. The van der Waals surface area contributed by atoms with Crippen molar-refractivity contribution in [3.8, 4) is 0 Å². The molecule has 0 fully saturated rings. The normalized spacial score (nSPS) is 11.1. The van der Waals surface area contributed by atoms with E-state index in [1.54, 1.807) is 0 Å². The van der Waals surface area contributed by atoms with Gasteiger partial charge in [-0.3, -0.25) is 0 Å². The van der Waals surface area contributed by atoms with Crippen molar-refractivity contribution in [3.63, 3.8) is 0 Å². The maximum absolute atomic E-state index is 5.94. The Hall–Kier alpha value is -2.73. The summed E-state index contributed by atoms with van der Waals surface area (Å²) in [4.78, 5) is 0.945. The van der Waals surface area contributed by atoms with Gasteiger partial charge in [0.2, 0.25) is 0 Å². The maximum atomic E-state index is 5.94. The van der Waals surface area contributed by atoms with Gasteiger partial charge < -0.3 is 0 Å². The zero-order valence-corrected chi connectivity index (χ0v) is 18.1. The summed E-state index contributed by atoms with van der Waals surface area (Å²) in [7, 11) is 0. The molecule has 0 aliphatic rings. The Morgan fingerprint density at radius 3 is 1.14 bits per heavy atom. The van der Waals surface area contributed by atoms with Crippen LogP contribution in [0.5, 0.6) is 0 Å². The molecule has 4 aromatic rings. The van der Waals surface area contributed by atoms with Gasteiger partial charge in [0.25, 0.3) is 0 Å². The molecule has 0 atom stereocenters. The number of hydrogen-bond acceptors (Lipinski definition) is 1. The summed E-state index contributed by atoms with van der Waals surface area (Å²) in [5, 5.41) is 5.22. The van der Waals surface area contributed by atoms with E-state index in [4.69, 9.17) is 12.2 Å². The molecule has 0 aliphatic heterocycles. The van der Waals surface area contributed by atoms with Gasteiger partial charge in [0.15, 0.2) is 0 Å². The minimum absolute atomic E-state index is 0.945. The minimum Gasteiger partial charge on any atom is -0.0845 e. The zero-order chi connectivity index (χ0) is 20.1. The van der Waals surface area contributed by atoms with E-state index < -0.39 is 6.89 Å². The summed E-state index contributed by atoms with van der Waals surface area (Å²) in [6.45, 7) is -0.0953. The molecule has 0 saturated heterocycles. The molecule has 0 spiro atoms. The summed E-state index contributed by atoms with van der Waals surface area (Å²) in [5.41, 5.74) is 1.20. The molecule has 0 N–H and O–H groups in total. The third-order valence-electron chi connectivity index (χ3n) is 5.15. The monoisotopic (exact) mass is 410 g/mol. The molecule has 0 heterocycles. The van der Waals surface area contributed by atoms with E-state index >= 15 is 0 Å². The average Bonchev–Trinajstić information content (AvgIpc) is 2.79. The summed E-state index contributed by atoms with van der Waals surface area (Å²) in [5.74, 6) is 0. The Morgan fingerprint density at radius 1 is 0.517 bits per heavy atom. The molecule has 0 bridgehead atoms. The van der Waals surface area contributed by atoms with E-state index in [0.717, 1.165) is 4.86 Å². The quantitative estimate of drug-likeness (QED) is 0.305. The molecule has 0 aliphatic carbocycles. The first kappa shape index (κ1) is 19.6. The molecular formula is C27H23PS. The minimum atomic E-state index is -2.17. The van der Waals surface area contributed by atoms with E-state index in [0.29, 0.717) is 0 Å². The van der Waals surface area contributed by atoms with Crippen LogP contribution in [0.3, 0.4) is 0 Å². The van der Waals surface area contributed by atoms with E-state index in [-0.39, 0.29) is 0 Å². The van der Waals surface area contributed by atoms with Crippen molar-refractivity contribution in [1.82, 2.24) is 0 Å². The number of benzene rings is 4. The topological polar surface area (TPSA) is 0 Å². The highest BCUT2D eigenvalue weighted by Gasteiger charge is 2.31. The smallest absolute Gasteiger partial charge is 0.0210 e. The van der Waals surface area contributed by atoms with Gasteiger partial charge in [-0.1, -0.05) is 134 Å². The van der Waals surface area contributed by atoms with Gasteiger partial charge in [-0.2, -0.15) is 0 Å². The van der Waals surface area contributed by atoms with Gasteiger partial charge in [0, 0.05) is 10.2 Å². The molecule has 29 heavy (non-hydrogen) atoms. The highest BCUT2D eigenvalue weighted by atomic mass is 32.1. The fourth-order valence-corrected chi connectivity index (χ4v) is 9.08. The number of rotatable bonds is 5. The van der Waals surface area contributed by atoms with Gasteiger partial charge in [0.05, 0.1) is 0 Å². The molecular weight excluding hydrogens is 387 g/mol. The Kier molecular flexibility index (Phi) is 5.90. The van der Waals surface area contributed by atoms with Gasteiger partial charge in [-0.25, -0.2) is 0 Å². The summed E-state index contributed by atoms with van der Waals surface area (Å²) in [6, 6.07) is 43.3. The van der Waals surface area contributed by atoms with Crippen molar-refractivity contribution in [1.29, 1.82) is 0 Å². The SMILES string of the molecule is CC(=S)C(c1ccccc1)=P(c1ccccc1)(c1ccccc1)c1ccccc1. The molecule has 142 valence electrons. The Bertz CT molecular complexity index is 1040. The van der Waals surface area contributed by atoms with Crippen LogP contribution in [-0.4, -0.2) is 10.2 Å². The second kappa shape index (κ2) is 8.74. The van der Waals surface area contributed by atoms with Gasteiger partial charge >= 0.3 is 0 Å². The van der Waals surface area contributed by atoms with Crippen LogP contribution < -0.4 is 15.9 Å². The average molecular weight is 411 g/mol. The van der Waals surface area contributed by atoms with Crippen LogP contribution in [-0.2, 0) is 0 Å². The lowest BCUT2D eigenvalue weighted by molar-refractivity contribution is 1.67. The Morgan fingerprint density at radius 2 is 0.828 bits per heavy atom. The zero-order valence-electron chi connectivity index (χ0n) is 16.4. The van der Waals surface area contributed by atoms with Crippen molar-refractivity contribution in [3.05, 3.63) is 127 Å². The molecule has 4 aromatic carbocycles. The molecule has 0 aromatic heterocycles. The molecule has 0 unspecified atom stereocenters. The largest absolute Gasteiger partial charge is 0.0845 e. The van der Waals surface area contributed by atoms with Crippen LogP contribution in [0.15, 0.2) is 121 Å². The van der Waals surface area contributed by atoms with Crippen molar-refractivity contribution < 1.29 is 0 Å². The maximum Gasteiger partial charge on any atom is 0.0210 e. The van der Waals surface area contributed by atoms with E-state index in [1.807, 2.05) is 0 Å². The summed E-state index contributed by atoms with van der Waals surface area (Å²) < 4.78 is 0. The fraction of sp³-hybridized carbons (Fsp3) is 0.0370. The van der Waals surface area contributed by atoms with Gasteiger partial charge in [-0.05, 0) is 35.3 Å². The van der Waals surface area contributed by atoms with Crippen molar-refractivity contribution >= 4 is 45.2 Å². The summed E-state index contributed by atoms with van der Waals surface area (Å²) >= 11 is 5.94. The summed E-state index contributed by atoms with van der Waals surface area (Å²) in [6.07, 6.45) is 0. The van der Waals surface area contributed by atoms with Crippen LogP contribution >= 0.6 is 19.1 Å². The Labute approximate surface area is 178 Å². The van der Waals surface area contributed by atoms with Crippen molar-refractivity contribution in [2.75, 3.05) is 0 Å². The fourth-order valence-electron chi connectivity index (χ4n) is 4.02. The second-order valence-electron chi connectivity index (χ2n) is 6.95. The van der Waals surface area contributed by atoms with E-state index in [1.165, 1.54) is 26.8 Å². The van der Waals surface area contributed by atoms with Crippen LogP contribution in [0.1, 0.15) is 12.5 Å². The molecule has 0 saturated carbocycles. The molecule has 4 rings (SSSR count). The van der Waals surface area contributed by atoms with Crippen molar-refractivity contribution in [2.24, 2.45) is 0 Å². The van der Waals surface area contributed by atoms with Crippen LogP contribution in [0.2, 0.25) is 0 Å². The molecule has 0 amide bonds. The first-order chi connectivity index (χ1) is 14.2. The predicted molar refractivity (Wildman–Crippen MR) is 134 cm³/mol. The van der Waals surface area contributed by atoms with E-state index in [2.05, 4.69) is 128 Å². The third kappa shape index (κ3) is 3.65. The number of hydrogen-bond donors (Lipinski definition) is 0. The second-order valence-corrected chi connectivity index (χ2v) is 10.9. The lowest BCUT2D eigenvalue weighted by atomic mass is 10.1. The van der Waals surface area contributed by atoms with Crippen LogP contribution in [0.4, 0.5) is 0 Å². The third-order valence-corrected chi connectivity index (χ3v) is 9.98. The molecule has 2 heteroatoms. The highest BCUT2D eigenvalue weighted by Crippen LogP contribution is 2.47.